The molecule has 0 spiro atoms. The van der Waals surface area contributed by atoms with E-state index in [9.17, 15) is 4.39 Å². The minimum absolute atomic E-state index is 0.402. The van der Waals surface area contributed by atoms with Crippen LogP contribution >= 0.6 is 0 Å². The van der Waals surface area contributed by atoms with Crippen LogP contribution in [0.25, 0.3) is 0 Å². The van der Waals surface area contributed by atoms with Gasteiger partial charge in [-0.25, -0.2) is 4.39 Å². The van der Waals surface area contributed by atoms with E-state index in [0.29, 0.717) is 17.1 Å². The van der Waals surface area contributed by atoms with E-state index < -0.39 is 11.7 Å². The lowest BCUT2D eigenvalue weighted by molar-refractivity contribution is 0.336. The molecule has 1 unspecified atom stereocenters. The van der Waals surface area contributed by atoms with Crippen molar-refractivity contribution >= 4 is 0 Å². The molecule has 3 nitrogen and oxygen atoms in total. The van der Waals surface area contributed by atoms with Gasteiger partial charge in [-0.3, -0.25) is 0 Å². The number of methoxy groups -OCH3 is 2. The molecule has 0 heterocycles. The molecule has 0 aromatic heterocycles. The van der Waals surface area contributed by atoms with Crippen LogP contribution in [0.1, 0.15) is 49.9 Å². The Hall–Kier alpha value is -1.29. The smallest absolute Gasteiger partial charge is 0.128 e. The first-order valence-electron chi connectivity index (χ1n) is 6.71. The van der Waals surface area contributed by atoms with Gasteiger partial charge < -0.3 is 15.2 Å². The third-order valence-electron chi connectivity index (χ3n) is 4.01. The molecule has 2 rings (SSSR count). The second-order valence-electron chi connectivity index (χ2n) is 5.27. The predicted octanol–water partition coefficient (Wildman–Crippen LogP) is 3.46. The third-order valence-corrected chi connectivity index (χ3v) is 4.01. The molecular weight excluding hydrogens is 245 g/mol. The molecule has 2 N–H and O–H groups in total. The summed E-state index contributed by atoms with van der Waals surface area (Å²) in [7, 11) is 3.14. The zero-order valence-corrected chi connectivity index (χ0v) is 11.8. The molecule has 0 saturated heterocycles. The van der Waals surface area contributed by atoms with E-state index in [1.54, 1.807) is 13.2 Å². The molecule has 1 aliphatic rings. The maximum absolute atomic E-state index is 13.7. The van der Waals surface area contributed by atoms with Crippen molar-refractivity contribution in [2.24, 2.45) is 5.73 Å². The van der Waals surface area contributed by atoms with Crippen molar-refractivity contribution in [1.29, 1.82) is 0 Å². The van der Waals surface area contributed by atoms with Crippen molar-refractivity contribution in [2.45, 2.75) is 44.3 Å². The number of hydrogen-bond acceptors (Lipinski definition) is 3. The Morgan fingerprint density at radius 2 is 1.74 bits per heavy atom. The summed E-state index contributed by atoms with van der Waals surface area (Å²) < 4.78 is 24.4. The molecule has 4 heteroatoms. The maximum atomic E-state index is 13.7. The van der Waals surface area contributed by atoms with Crippen molar-refractivity contribution in [2.75, 3.05) is 14.2 Å². The lowest BCUT2D eigenvalue weighted by Gasteiger charge is -2.28. The lowest BCUT2D eigenvalue weighted by Crippen LogP contribution is -2.33. The molecule has 1 aromatic carbocycles. The molecule has 0 amide bonds. The minimum atomic E-state index is -1.09. The van der Waals surface area contributed by atoms with E-state index in [1.165, 1.54) is 14.0 Å². The Kier molecular flexibility index (Phi) is 3.99. The van der Waals surface area contributed by atoms with Gasteiger partial charge in [-0.05, 0) is 25.8 Å². The number of benzene rings is 1. The van der Waals surface area contributed by atoms with Gasteiger partial charge in [0.25, 0.3) is 0 Å². The molecule has 19 heavy (non-hydrogen) atoms. The summed E-state index contributed by atoms with van der Waals surface area (Å²) in [5.41, 5.74) is 7.51. The Morgan fingerprint density at radius 3 is 2.21 bits per heavy atom. The first-order chi connectivity index (χ1) is 9.01. The number of nitrogens with two attached hydrogens (primary N) is 1. The van der Waals surface area contributed by atoms with Crippen LogP contribution < -0.4 is 15.2 Å². The average molecular weight is 267 g/mol. The highest BCUT2D eigenvalue weighted by atomic mass is 19.1. The van der Waals surface area contributed by atoms with E-state index in [2.05, 4.69) is 0 Å². The topological polar surface area (TPSA) is 44.5 Å². The molecule has 1 atom stereocenters. The minimum Gasteiger partial charge on any atom is -0.496 e. The molecule has 106 valence electrons. The molecule has 1 saturated carbocycles. The Bertz CT molecular complexity index is 454. The van der Waals surface area contributed by atoms with E-state index in [-0.39, 0.29) is 0 Å². The Morgan fingerprint density at radius 1 is 1.16 bits per heavy atom. The first kappa shape index (κ1) is 14.1. The fraction of sp³-hybridized carbons (Fsp3) is 0.600. The summed E-state index contributed by atoms with van der Waals surface area (Å²) in [4.78, 5) is 0. The molecule has 0 bridgehead atoms. The van der Waals surface area contributed by atoms with Crippen LogP contribution in [-0.4, -0.2) is 14.2 Å². The van der Waals surface area contributed by atoms with Crippen LogP contribution in [0.4, 0.5) is 4.39 Å². The largest absolute Gasteiger partial charge is 0.496 e. The normalized spacial score (nSPS) is 19.2. The van der Waals surface area contributed by atoms with E-state index in [4.69, 9.17) is 15.2 Å². The van der Waals surface area contributed by atoms with Crippen LogP contribution in [0, 0.1) is 0 Å². The number of rotatable bonds is 4. The quantitative estimate of drug-likeness (QED) is 0.908. The van der Waals surface area contributed by atoms with Gasteiger partial charge >= 0.3 is 0 Å². The van der Waals surface area contributed by atoms with Gasteiger partial charge in [-0.1, -0.05) is 12.8 Å². The van der Waals surface area contributed by atoms with Gasteiger partial charge in [0.2, 0.25) is 0 Å². The molecular formula is C15H22FNO2. The van der Waals surface area contributed by atoms with E-state index in [1.807, 2.05) is 6.07 Å². The summed E-state index contributed by atoms with van der Waals surface area (Å²) in [6.45, 7) is 1.51. The number of alkyl halides is 1. The SMILES string of the molecule is COc1cc(OC)c(C2(N)CCCC2)cc1C(C)F. The van der Waals surface area contributed by atoms with Gasteiger partial charge in [0.1, 0.15) is 17.7 Å². The standard InChI is InChI=1S/C15H22FNO2/c1-10(16)11-8-12(15(17)6-4-5-7-15)14(19-3)9-13(11)18-2/h8-10H,4-7,17H2,1-3H3. The molecule has 1 fully saturated rings. The van der Waals surface area contributed by atoms with Crippen molar-refractivity contribution in [3.8, 4) is 11.5 Å². The second kappa shape index (κ2) is 5.37. The Labute approximate surface area is 113 Å². The van der Waals surface area contributed by atoms with E-state index >= 15 is 0 Å². The van der Waals surface area contributed by atoms with Gasteiger partial charge in [-0.2, -0.15) is 0 Å². The summed E-state index contributed by atoms with van der Waals surface area (Å²) >= 11 is 0. The zero-order valence-electron chi connectivity index (χ0n) is 11.8. The maximum Gasteiger partial charge on any atom is 0.128 e. The molecule has 0 aliphatic heterocycles. The van der Waals surface area contributed by atoms with Crippen molar-refractivity contribution in [3.63, 3.8) is 0 Å². The summed E-state index contributed by atoms with van der Waals surface area (Å²) in [5, 5.41) is 0. The fourth-order valence-corrected chi connectivity index (χ4v) is 2.90. The average Bonchev–Trinajstić information content (AvgIpc) is 2.84. The molecule has 1 aromatic rings. The summed E-state index contributed by atoms with van der Waals surface area (Å²) in [6, 6.07) is 3.56. The lowest BCUT2D eigenvalue weighted by atomic mass is 9.86. The van der Waals surface area contributed by atoms with Crippen molar-refractivity contribution in [1.82, 2.24) is 0 Å². The number of hydrogen-bond donors (Lipinski definition) is 1. The van der Waals surface area contributed by atoms with Crippen LogP contribution in [0.2, 0.25) is 0 Å². The van der Waals surface area contributed by atoms with Gasteiger partial charge in [0, 0.05) is 22.7 Å². The highest BCUT2D eigenvalue weighted by Crippen LogP contribution is 2.44. The van der Waals surface area contributed by atoms with Gasteiger partial charge in [0.15, 0.2) is 0 Å². The van der Waals surface area contributed by atoms with Crippen LogP contribution in [0.5, 0.6) is 11.5 Å². The fourth-order valence-electron chi connectivity index (χ4n) is 2.90. The van der Waals surface area contributed by atoms with Gasteiger partial charge in [-0.15, -0.1) is 0 Å². The molecule has 1 aliphatic carbocycles. The Balaban J connectivity index is 2.55. The number of halogens is 1. The third kappa shape index (κ3) is 2.54. The predicted molar refractivity (Wildman–Crippen MR) is 73.4 cm³/mol. The zero-order chi connectivity index (χ0) is 14.0. The first-order valence-corrected chi connectivity index (χ1v) is 6.71. The van der Waals surface area contributed by atoms with Crippen molar-refractivity contribution in [3.05, 3.63) is 23.3 Å². The van der Waals surface area contributed by atoms with Crippen molar-refractivity contribution < 1.29 is 13.9 Å². The van der Waals surface area contributed by atoms with E-state index in [0.717, 1.165) is 31.2 Å². The summed E-state index contributed by atoms with van der Waals surface area (Å²) in [5.74, 6) is 1.20. The van der Waals surface area contributed by atoms with Crippen LogP contribution in [-0.2, 0) is 5.54 Å². The van der Waals surface area contributed by atoms with Gasteiger partial charge in [0.05, 0.1) is 14.2 Å². The molecule has 0 radical (unpaired) electrons. The highest BCUT2D eigenvalue weighted by Gasteiger charge is 2.35. The van der Waals surface area contributed by atoms with Crippen LogP contribution in [0.15, 0.2) is 12.1 Å². The second-order valence-corrected chi connectivity index (χ2v) is 5.27. The van der Waals surface area contributed by atoms with Crippen LogP contribution in [0.3, 0.4) is 0 Å². The highest BCUT2D eigenvalue weighted by molar-refractivity contribution is 5.50. The number of ether oxygens (including phenoxy) is 2. The monoisotopic (exact) mass is 267 g/mol. The summed E-state index contributed by atoms with van der Waals surface area (Å²) in [6.07, 6.45) is 2.94.